The Balaban J connectivity index is 1.40. The number of hydrogen-bond donors (Lipinski definition) is 2. The second-order valence-corrected chi connectivity index (χ2v) is 9.21. The molecule has 2 atom stereocenters. The largest absolute Gasteiger partial charge is 0.490 e. The van der Waals surface area contributed by atoms with E-state index in [4.69, 9.17) is 4.74 Å². The van der Waals surface area contributed by atoms with E-state index >= 15 is 0 Å². The molecule has 1 saturated heterocycles. The van der Waals surface area contributed by atoms with Crippen molar-refractivity contribution in [2.45, 2.75) is 70.4 Å². The number of halogens is 1. The molecule has 8 nitrogen and oxygen atoms in total. The third-order valence-electron chi connectivity index (χ3n) is 6.67. The van der Waals surface area contributed by atoms with Crippen LogP contribution in [0.2, 0.25) is 0 Å². The minimum Gasteiger partial charge on any atom is -0.490 e. The number of nitrogens with zero attached hydrogens (tertiary/aromatic N) is 3. The first-order valence-electron chi connectivity index (χ1n) is 11.7. The number of amides is 2. The topological polar surface area (TPSA) is 106 Å². The van der Waals surface area contributed by atoms with Crippen LogP contribution in [0.15, 0.2) is 24.4 Å². The van der Waals surface area contributed by atoms with Crippen molar-refractivity contribution in [2.75, 3.05) is 6.61 Å². The number of rotatable bonds is 11. The van der Waals surface area contributed by atoms with Crippen LogP contribution < -0.4 is 10.1 Å². The summed E-state index contributed by atoms with van der Waals surface area (Å²) < 4.78 is 21.6. The second-order valence-electron chi connectivity index (χ2n) is 9.21. The lowest BCUT2D eigenvalue weighted by molar-refractivity contribution is -0.136. The number of aromatic nitrogens is 3. The van der Waals surface area contributed by atoms with Crippen LogP contribution in [0.25, 0.3) is 0 Å². The van der Waals surface area contributed by atoms with Crippen LogP contribution in [0.3, 0.4) is 0 Å². The number of benzene rings is 1. The van der Waals surface area contributed by atoms with Gasteiger partial charge >= 0.3 is 0 Å². The standard InChI is InChI=1S/C24H31FN4O4/c1-2-24(32,18-9-10-20(25)21(12-18)33-14-16-6-7-16)15-29-19(13-26-28-29)5-3-4-17-8-11-22(30)27-23(17)31/h9-10,12-13,16-17,32H,2-8,11,14-15H2,1H3,(H,27,30,31)/t17?,24-/m1/s1. The molecule has 1 aromatic heterocycles. The van der Waals surface area contributed by atoms with Gasteiger partial charge in [-0.1, -0.05) is 18.2 Å². The molecule has 0 spiro atoms. The molecule has 9 heteroatoms. The van der Waals surface area contributed by atoms with E-state index in [0.717, 1.165) is 25.0 Å². The summed E-state index contributed by atoms with van der Waals surface area (Å²) in [6.45, 7) is 2.53. The highest BCUT2D eigenvalue weighted by Crippen LogP contribution is 2.34. The van der Waals surface area contributed by atoms with Crippen molar-refractivity contribution < 1.29 is 23.8 Å². The van der Waals surface area contributed by atoms with Gasteiger partial charge in [0.25, 0.3) is 0 Å². The number of carbonyl (C=O) groups excluding carboxylic acids is 2. The van der Waals surface area contributed by atoms with Crippen molar-refractivity contribution in [1.29, 1.82) is 0 Å². The molecule has 1 unspecified atom stereocenters. The maximum atomic E-state index is 14.2. The molecule has 0 radical (unpaired) electrons. The fourth-order valence-electron chi connectivity index (χ4n) is 4.20. The molecule has 1 aliphatic carbocycles. The Morgan fingerprint density at radius 1 is 1.30 bits per heavy atom. The molecule has 33 heavy (non-hydrogen) atoms. The third-order valence-corrected chi connectivity index (χ3v) is 6.67. The van der Waals surface area contributed by atoms with Gasteiger partial charge in [-0.25, -0.2) is 9.07 Å². The highest BCUT2D eigenvalue weighted by Gasteiger charge is 2.31. The summed E-state index contributed by atoms with van der Waals surface area (Å²) in [5.41, 5.74) is 0.154. The van der Waals surface area contributed by atoms with Gasteiger partial charge in [-0.05, 0) is 68.6 Å². The highest BCUT2D eigenvalue weighted by molar-refractivity contribution is 5.98. The fraction of sp³-hybridized carbons (Fsp3) is 0.583. The van der Waals surface area contributed by atoms with E-state index in [1.807, 2.05) is 6.92 Å². The average Bonchev–Trinajstić information content (AvgIpc) is 3.53. The first-order valence-corrected chi connectivity index (χ1v) is 11.7. The smallest absolute Gasteiger partial charge is 0.229 e. The Bertz CT molecular complexity index is 1010. The Hall–Kier alpha value is -2.81. The number of nitrogens with one attached hydrogen (secondary N) is 1. The molecule has 1 saturated carbocycles. The SMILES string of the molecule is CC[C@@](O)(Cn1nncc1CCCC1CCC(=O)NC1=O)c1ccc(F)c(OCC2CC2)c1. The molecule has 2 aliphatic rings. The van der Waals surface area contributed by atoms with E-state index in [1.54, 1.807) is 23.0 Å². The van der Waals surface area contributed by atoms with Crippen LogP contribution in [-0.2, 0) is 28.2 Å². The summed E-state index contributed by atoms with van der Waals surface area (Å²) in [6, 6.07) is 4.50. The van der Waals surface area contributed by atoms with Gasteiger partial charge in [-0.3, -0.25) is 14.9 Å². The normalized spacial score (nSPS) is 20.4. The van der Waals surface area contributed by atoms with Crippen LogP contribution in [0.4, 0.5) is 4.39 Å². The molecule has 2 N–H and O–H groups in total. The van der Waals surface area contributed by atoms with Gasteiger partial charge in [0, 0.05) is 12.3 Å². The number of aliphatic hydroxyl groups is 1. The lowest BCUT2D eigenvalue weighted by atomic mass is 9.90. The Morgan fingerprint density at radius 2 is 2.12 bits per heavy atom. The Labute approximate surface area is 192 Å². The van der Waals surface area contributed by atoms with Crippen molar-refractivity contribution >= 4 is 11.8 Å². The predicted octanol–water partition coefficient (Wildman–Crippen LogP) is 2.88. The van der Waals surface area contributed by atoms with E-state index in [9.17, 15) is 19.1 Å². The number of piperidine rings is 1. The molecule has 1 aliphatic heterocycles. The molecule has 0 bridgehead atoms. The summed E-state index contributed by atoms with van der Waals surface area (Å²) in [5.74, 6) is -0.348. The van der Waals surface area contributed by atoms with Gasteiger partial charge in [0.15, 0.2) is 11.6 Å². The van der Waals surface area contributed by atoms with E-state index in [1.165, 1.54) is 6.07 Å². The summed E-state index contributed by atoms with van der Waals surface area (Å²) in [4.78, 5) is 23.3. The van der Waals surface area contributed by atoms with Crippen molar-refractivity contribution in [3.63, 3.8) is 0 Å². The van der Waals surface area contributed by atoms with Crippen LogP contribution in [0, 0.1) is 17.7 Å². The number of aryl methyl sites for hydroxylation is 1. The summed E-state index contributed by atoms with van der Waals surface area (Å²) in [7, 11) is 0. The molecule has 2 aromatic rings. The minimum atomic E-state index is -1.27. The maximum absolute atomic E-state index is 14.2. The third kappa shape index (κ3) is 5.76. The highest BCUT2D eigenvalue weighted by atomic mass is 19.1. The van der Waals surface area contributed by atoms with Gasteiger partial charge in [0.2, 0.25) is 11.8 Å². The van der Waals surface area contributed by atoms with Crippen molar-refractivity contribution in [1.82, 2.24) is 20.3 Å². The lowest BCUT2D eigenvalue weighted by Gasteiger charge is -2.28. The predicted molar refractivity (Wildman–Crippen MR) is 118 cm³/mol. The minimum absolute atomic E-state index is 0.159. The molecule has 2 heterocycles. The fourth-order valence-corrected chi connectivity index (χ4v) is 4.20. The van der Waals surface area contributed by atoms with Crippen LogP contribution in [-0.4, -0.2) is 38.5 Å². The van der Waals surface area contributed by atoms with Crippen LogP contribution in [0.1, 0.15) is 63.1 Å². The molecule has 2 fully saturated rings. The number of ether oxygens (including phenoxy) is 1. The van der Waals surface area contributed by atoms with E-state index in [-0.39, 0.29) is 30.0 Å². The van der Waals surface area contributed by atoms with Gasteiger partial charge in [-0.15, -0.1) is 5.10 Å². The van der Waals surface area contributed by atoms with Gasteiger partial charge in [0.05, 0.1) is 25.0 Å². The zero-order valence-corrected chi connectivity index (χ0v) is 18.9. The first-order chi connectivity index (χ1) is 15.9. The molecule has 178 valence electrons. The van der Waals surface area contributed by atoms with E-state index < -0.39 is 11.4 Å². The summed E-state index contributed by atoms with van der Waals surface area (Å²) in [5, 5.41) is 22.0. The zero-order valence-electron chi connectivity index (χ0n) is 18.9. The average molecular weight is 459 g/mol. The van der Waals surface area contributed by atoms with Gasteiger partial charge < -0.3 is 9.84 Å². The van der Waals surface area contributed by atoms with E-state index in [2.05, 4.69) is 15.6 Å². The Morgan fingerprint density at radius 3 is 2.85 bits per heavy atom. The number of carbonyl (C=O) groups is 2. The van der Waals surface area contributed by atoms with Crippen LogP contribution >= 0.6 is 0 Å². The Kier molecular flexibility index (Phi) is 7.07. The van der Waals surface area contributed by atoms with Crippen molar-refractivity contribution in [3.8, 4) is 5.75 Å². The maximum Gasteiger partial charge on any atom is 0.229 e. The molecule has 2 amide bonds. The number of imide groups is 1. The van der Waals surface area contributed by atoms with Crippen molar-refractivity contribution in [3.05, 3.63) is 41.5 Å². The zero-order chi connectivity index (χ0) is 23.4. The lowest BCUT2D eigenvalue weighted by Crippen LogP contribution is -2.40. The molecule has 4 rings (SSSR count). The van der Waals surface area contributed by atoms with E-state index in [0.29, 0.717) is 50.2 Å². The van der Waals surface area contributed by atoms with Gasteiger partial charge in [-0.2, -0.15) is 0 Å². The molecule has 1 aromatic carbocycles. The van der Waals surface area contributed by atoms with Crippen LogP contribution in [0.5, 0.6) is 5.75 Å². The first kappa shape index (κ1) is 23.4. The van der Waals surface area contributed by atoms with Crippen molar-refractivity contribution in [2.24, 2.45) is 11.8 Å². The summed E-state index contributed by atoms with van der Waals surface area (Å²) >= 11 is 0. The monoisotopic (exact) mass is 458 g/mol. The summed E-state index contributed by atoms with van der Waals surface area (Å²) in [6.07, 6.45) is 7.28. The second kappa shape index (κ2) is 9.99. The number of hydrogen-bond acceptors (Lipinski definition) is 6. The molecular formula is C24H31FN4O4. The van der Waals surface area contributed by atoms with Gasteiger partial charge in [0.1, 0.15) is 5.60 Å². The quantitative estimate of drug-likeness (QED) is 0.502. The molecular weight excluding hydrogens is 427 g/mol.